The lowest BCUT2D eigenvalue weighted by atomic mass is 9.94. The van der Waals surface area contributed by atoms with Gasteiger partial charge in [0, 0.05) is 11.6 Å². The van der Waals surface area contributed by atoms with Crippen LogP contribution in [0.4, 0.5) is 0 Å². The van der Waals surface area contributed by atoms with E-state index in [0.717, 1.165) is 5.92 Å². The van der Waals surface area contributed by atoms with Gasteiger partial charge in [-0.3, -0.25) is 4.79 Å². The van der Waals surface area contributed by atoms with E-state index in [2.05, 4.69) is 12.2 Å². The molecule has 0 heterocycles. The second kappa shape index (κ2) is 6.16. The molecule has 2 aliphatic carbocycles. The molecule has 3 atom stereocenters. The summed E-state index contributed by atoms with van der Waals surface area (Å²) in [7, 11) is 0. The van der Waals surface area contributed by atoms with Gasteiger partial charge in [-0.05, 0) is 42.7 Å². The Morgan fingerprint density at radius 1 is 1.08 bits per heavy atom. The molecule has 1 saturated carbocycles. The van der Waals surface area contributed by atoms with Crippen molar-refractivity contribution in [2.45, 2.75) is 12.8 Å². The van der Waals surface area contributed by atoms with Gasteiger partial charge in [-0.15, -0.1) is 0 Å². The number of allylic oxidation sites excluding steroid dienone is 2. The molecule has 2 aromatic rings. The molecule has 4 rings (SSSR count). The lowest BCUT2D eigenvalue weighted by molar-refractivity contribution is 0.103. The van der Waals surface area contributed by atoms with Gasteiger partial charge in [0.25, 0.3) is 0 Å². The van der Waals surface area contributed by atoms with Crippen molar-refractivity contribution in [3.63, 3.8) is 0 Å². The third-order valence-electron chi connectivity index (χ3n) is 5.13. The van der Waals surface area contributed by atoms with Crippen LogP contribution in [0.3, 0.4) is 0 Å². The first-order valence-electron chi connectivity index (χ1n) is 8.44. The second-order valence-electron chi connectivity index (χ2n) is 6.73. The molecular weight excluding hydrogens is 300 g/mol. The first-order chi connectivity index (χ1) is 11.7. The summed E-state index contributed by atoms with van der Waals surface area (Å²) in [5, 5.41) is 10.2. The van der Waals surface area contributed by atoms with Gasteiger partial charge in [0.05, 0.1) is 12.2 Å². The lowest BCUT2D eigenvalue weighted by Crippen LogP contribution is -2.16. The molecular formula is C21H20O3. The zero-order valence-corrected chi connectivity index (χ0v) is 13.4. The van der Waals surface area contributed by atoms with Crippen LogP contribution in [-0.2, 0) is 0 Å². The molecule has 1 fully saturated rings. The average molecular weight is 320 g/mol. The van der Waals surface area contributed by atoms with Crippen molar-refractivity contribution in [3.05, 3.63) is 71.8 Å². The summed E-state index contributed by atoms with van der Waals surface area (Å²) in [6, 6.07) is 13.9. The molecule has 0 saturated heterocycles. The molecule has 0 aromatic heterocycles. The highest BCUT2D eigenvalue weighted by atomic mass is 16.5. The Kier molecular flexibility index (Phi) is 3.85. The Bertz CT molecular complexity index is 779. The van der Waals surface area contributed by atoms with E-state index in [1.165, 1.54) is 12.8 Å². The van der Waals surface area contributed by atoms with Crippen molar-refractivity contribution in [2.24, 2.45) is 17.8 Å². The minimum atomic E-state index is -0.183. The van der Waals surface area contributed by atoms with E-state index in [4.69, 9.17) is 4.74 Å². The number of phenolic OH excluding ortho intramolecular Hbond substituents is 1. The van der Waals surface area contributed by atoms with E-state index in [1.54, 1.807) is 30.3 Å². The highest BCUT2D eigenvalue weighted by molar-refractivity contribution is 6.10. The number of hydrogen-bond donors (Lipinski definition) is 1. The highest BCUT2D eigenvalue weighted by Crippen LogP contribution is 2.43. The number of ketones is 1. The maximum atomic E-state index is 12.4. The van der Waals surface area contributed by atoms with Crippen molar-refractivity contribution in [1.82, 2.24) is 0 Å². The Morgan fingerprint density at radius 3 is 2.58 bits per heavy atom. The predicted molar refractivity (Wildman–Crippen MR) is 92.3 cm³/mol. The SMILES string of the molecule is O=C(c1ccccc1)c1ccc(OCC2CC3C=CC2C3)cc1O. The van der Waals surface area contributed by atoms with Crippen molar-refractivity contribution in [2.75, 3.05) is 6.61 Å². The number of hydrogen-bond acceptors (Lipinski definition) is 3. The van der Waals surface area contributed by atoms with E-state index in [1.807, 2.05) is 18.2 Å². The predicted octanol–water partition coefficient (Wildman–Crippen LogP) is 4.21. The van der Waals surface area contributed by atoms with Gasteiger partial charge >= 0.3 is 0 Å². The van der Waals surface area contributed by atoms with Gasteiger partial charge in [-0.25, -0.2) is 0 Å². The van der Waals surface area contributed by atoms with Crippen LogP contribution in [0.2, 0.25) is 0 Å². The van der Waals surface area contributed by atoms with E-state index >= 15 is 0 Å². The standard InChI is InChI=1S/C21H20O3/c22-20-12-18(24-13-17-11-14-6-7-16(17)10-14)8-9-19(20)21(23)15-4-2-1-3-5-15/h1-9,12,14,16-17,22H,10-11,13H2. The minimum absolute atomic E-state index is 0.0332. The monoisotopic (exact) mass is 320 g/mol. The summed E-state index contributed by atoms with van der Waals surface area (Å²) in [5.41, 5.74) is 0.867. The van der Waals surface area contributed by atoms with Gasteiger partial charge in [0.2, 0.25) is 0 Å². The molecule has 24 heavy (non-hydrogen) atoms. The largest absolute Gasteiger partial charge is 0.507 e. The van der Waals surface area contributed by atoms with Crippen molar-refractivity contribution < 1.29 is 14.6 Å². The fourth-order valence-corrected chi connectivity index (χ4v) is 3.83. The normalized spacial score (nSPS) is 24.2. The molecule has 2 bridgehead atoms. The molecule has 1 N–H and O–H groups in total. The Morgan fingerprint density at radius 2 is 1.92 bits per heavy atom. The lowest BCUT2D eigenvalue weighted by Gasteiger charge is -2.18. The number of rotatable bonds is 5. The molecule has 122 valence electrons. The molecule has 3 heteroatoms. The zero-order valence-electron chi connectivity index (χ0n) is 13.4. The summed E-state index contributed by atoms with van der Waals surface area (Å²) in [6.07, 6.45) is 7.07. The molecule has 0 amide bonds. The average Bonchev–Trinajstić information content (AvgIpc) is 3.23. The Hall–Kier alpha value is -2.55. The first-order valence-corrected chi connectivity index (χ1v) is 8.44. The third kappa shape index (κ3) is 2.82. The number of phenols is 1. The van der Waals surface area contributed by atoms with E-state index in [9.17, 15) is 9.90 Å². The summed E-state index contributed by atoms with van der Waals surface area (Å²) in [6.45, 7) is 0.664. The number of carbonyl (C=O) groups excluding carboxylic acids is 1. The van der Waals surface area contributed by atoms with Crippen LogP contribution < -0.4 is 4.74 Å². The van der Waals surface area contributed by atoms with E-state index in [0.29, 0.717) is 35.3 Å². The minimum Gasteiger partial charge on any atom is -0.507 e. The molecule has 2 aliphatic rings. The first kappa shape index (κ1) is 15.0. The summed E-state index contributed by atoms with van der Waals surface area (Å²) < 4.78 is 5.86. The molecule has 0 spiro atoms. The number of aromatic hydroxyl groups is 1. The van der Waals surface area contributed by atoms with Gasteiger partial charge in [-0.2, -0.15) is 0 Å². The van der Waals surface area contributed by atoms with Crippen LogP contribution in [0.15, 0.2) is 60.7 Å². The highest BCUT2D eigenvalue weighted by Gasteiger charge is 2.35. The molecule has 0 radical (unpaired) electrons. The maximum Gasteiger partial charge on any atom is 0.196 e. The van der Waals surface area contributed by atoms with Crippen LogP contribution in [-0.4, -0.2) is 17.5 Å². The molecule has 0 aliphatic heterocycles. The number of carbonyl (C=O) groups is 1. The van der Waals surface area contributed by atoms with Crippen molar-refractivity contribution in [1.29, 1.82) is 0 Å². The topological polar surface area (TPSA) is 46.5 Å². The summed E-state index contributed by atoms with van der Waals surface area (Å²) in [4.78, 5) is 12.4. The smallest absolute Gasteiger partial charge is 0.196 e. The molecule has 3 nitrogen and oxygen atoms in total. The summed E-state index contributed by atoms with van der Waals surface area (Å²) in [5.74, 6) is 2.33. The van der Waals surface area contributed by atoms with Gasteiger partial charge < -0.3 is 9.84 Å². The second-order valence-corrected chi connectivity index (χ2v) is 6.73. The Labute approximate surface area is 141 Å². The van der Waals surface area contributed by atoms with Gasteiger partial charge in [0.1, 0.15) is 11.5 Å². The van der Waals surface area contributed by atoms with Crippen molar-refractivity contribution in [3.8, 4) is 11.5 Å². The maximum absolute atomic E-state index is 12.4. The fraction of sp³-hybridized carbons (Fsp3) is 0.286. The summed E-state index contributed by atoms with van der Waals surface area (Å²) >= 11 is 0. The van der Waals surface area contributed by atoms with Gasteiger partial charge in [0.15, 0.2) is 5.78 Å². The van der Waals surface area contributed by atoms with Crippen LogP contribution in [0.1, 0.15) is 28.8 Å². The third-order valence-corrected chi connectivity index (χ3v) is 5.13. The van der Waals surface area contributed by atoms with Crippen LogP contribution in [0, 0.1) is 17.8 Å². The Balaban J connectivity index is 1.44. The molecule has 3 unspecified atom stereocenters. The quantitative estimate of drug-likeness (QED) is 0.663. The fourth-order valence-electron chi connectivity index (χ4n) is 3.83. The van der Waals surface area contributed by atoms with Crippen LogP contribution in [0.5, 0.6) is 11.5 Å². The number of benzene rings is 2. The van der Waals surface area contributed by atoms with Crippen molar-refractivity contribution >= 4 is 5.78 Å². The van der Waals surface area contributed by atoms with Gasteiger partial charge in [-0.1, -0.05) is 42.5 Å². The zero-order chi connectivity index (χ0) is 16.5. The number of fused-ring (bicyclic) bond motifs is 2. The molecule has 2 aromatic carbocycles. The van der Waals surface area contributed by atoms with E-state index < -0.39 is 0 Å². The number of ether oxygens (including phenoxy) is 1. The van der Waals surface area contributed by atoms with Crippen LogP contribution >= 0.6 is 0 Å². The van der Waals surface area contributed by atoms with Crippen LogP contribution in [0.25, 0.3) is 0 Å². The van der Waals surface area contributed by atoms with E-state index in [-0.39, 0.29) is 11.5 Å².